The van der Waals surface area contributed by atoms with Crippen LogP contribution in [0, 0.1) is 17.8 Å². The van der Waals surface area contributed by atoms with E-state index in [2.05, 4.69) is 34.0 Å². The molecule has 1 aromatic carbocycles. The molecule has 18 heavy (non-hydrogen) atoms. The van der Waals surface area contributed by atoms with E-state index in [1.807, 2.05) is 0 Å². The third-order valence-corrected chi connectivity index (χ3v) is 5.17. The number of benzene rings is 1. The first kappa shape index (κ1) is 10.8. The van der Waals surface area contributed by atoms with E-state index in [4.69, 9.17) is 0 Å². The van der Waals surface area contributed by atoms with Gasteiger partial charge in [-0.2, -0.15) is 4.37 Å². The number of nitrogens with one attached hydrogen (secondary N) is 1. The van der Waals surface area contributed by atoms with Crippen LogP contribution in [0.5, 0.6) is 0 Å². The third-order valence-electron chi connectivity index (χ3n) is 4.34. The summed E-state index contributed by atoms with van der Waals surface area (Å²) in [5.41, 5.74) is 1.12. The van der Waals surface area contributed by atoms with Crippen molar-refractivity contribution in [2.24, 2.45) is 17.8 Å². The maximum atomic E-state index is 4.50. The van der Waals surface area contributed by atoms with Crippen molar-refractivity contribution in [3.63, 3.8) is 0 Å². The average Bonchev–Trinajstić information content (AvgIpc) is 3.29. The highest BCUT2D eigenvalue weighted by atomic mass is 32.1. The molecule has 4 rings (SSSR count). The van der Waals surface area contributed by atoms with Crippen LogP contribution in [0.4, 0.5) is 5.00 Å². The Bertz CT molecular complexity index is 542. The second-order valence-corrected chi connectivity index (χ2v) is 6.52. The molecule has 2 saturated carbocycles. The summed E-state index contributed by atoms with van der Waals surface area (Å²) in [5, 5.41) is 6.21. The maximum absolute atomic E-state index is 4.50. The lowest BCUT2D eigenvalue weighted by Crippen LogP contribution is -2.17. The number of hydrogen-bond donors (Lipinski definition) is 1. The Kier molecular flexibility index (Phi) is 2.54. The van der Waals surface area contributed by atoms with E-state index in [1.54, 1.807) is 11.5 Å². The molecule has 0 saturated heterocycles. The maximum Gasteiger partial charge on any atom is 0.117 e. The van der Waals surface area contributed by atoms with Crippen molar-refractivity contribution >= 4 is 27.4 Å². The summed E-state index contributed by atoms with van der Waals surface area (Å²) in [6.07, 6.45) is 5.86. The predicted molar refractivity (Wildman–Crippen MR) is 77.0 cm³/mol. The Morgan fingerprint density at radius 2 is 1.89 bits per heavy atom. The molecule has 2 nitrogen and oxygen atoms in total. The van der Waals surface area contributed by atoms with Crippen LogP contribution in [-0.4, -0.2) is 10.9 Å². The molecule has 0 bridgehead atoms. The Labute approximate surface area is 112 Å². The minimum absolute atomic E-state index is 0.922. The first-order chi connectivity index (χ1) is 8.92. The van der Waals surface area contributed by atoms with Crippen LogP contribution in [0.3, 0.4) is 0 Å². The summed E-state index contributed by atoms with van der Waals surface area (Å²) in [6, 6.07) is 8.42. The van der Waals surface area contributed by atoms with Crippen LogP contribution in [-0.2, 0) is 0 Å². The van der Waals surface area contributed by atoms with Gasteiger partial charge in [-0.1, -0.05) is 12.1 Å². The standard InChI is InChI=1S/C15H18N2S/c1-2-4-14-12(3-1)15(18-17-14)16-9-13(10-5-6-10)11-7-8-11/h1-4,10-11,13,16H,5-9H2. The second-order valence-electron chi connectivity index (χ2n) is 5.75. The van der Waals surface area contributed by atoms with Gasteiger partial charge >= 0.3 is 0 Å². The van der Waals surface area contributed by atoms with Gasteiger partial charge in [0.1, 0.15) is 5.00 Å². The number of nitrogens with zero attached hydrogens (tertiary/aromatic N) is 1. The molecular weight excluding hydrogens is 240 g/mol. The fourth-order valence-electron chi connectivity index (χ4n) is 2.99. The first-order valence-corrected chi connectivity index (χ1v) is 7.77. The first-order valence-electron chi connectivity index (χ1n) is 7.00. The summed E-state index contributed by atoms with van der Waals surface area (Å²) in [6.45, 7) is 1.15. The molecule has 2 aromatic rings. The van der Waals surface area contributed by atoms with Crippen LogP contribution < -0.4 is 5.32 Å². The van der Waals surface area contributed by atoms with Crippen molar-refractivity contribution in [3.8, 4) is 0 Å². The number of hydrogen-bond acceptors (Lipinski definition) is 3. The third kappa shape index (κ3) is 2.01. The summed E-state index contributed by atoms with van der Waals surface area (Å²) < 4.78 is 4.50. The molecule has 0 atom stereocenters. The minimum Gasteiger partial charge on any atom is -0.375 e. The summed E-state index contributed by atoms with van der Waals surface area (Å²) in [4.78, 5) is 0. The van der Waals surface area contributed by atoms with Crippen molar-refractivity contribution < 1.29 is 0 Å². The van der Waals surface area contributed by atoms with Gasteiger partial charge < -0.3 is 5.32 Å². The molecule has 0 aliphatic heterocycles. The highest BCUT2D eigenvalue weighted by molar-refractivity contribution is 7.11. The van der Waals surface area contributed by atoms with E-state index in [0.717, 1.165) is 29.8 Å². The highest BCUT2D eigenvalue weighted by Crippen LogP contribution is 2.49. The number of anilines is 1. The van der Waals surface area contributed by atoms with E-state index in [1.165, 1.54) is 36.1 Å². The molecule has 3 heteroatoms. The summed E-state index contributed by atoms with van der Waals surface area (Å²) >= 11 is 1.61. The van der Waals surface area contributed by atoms with Crippen molar-refractivity contribution in [1.82, 2.24) is 4.37 Å². The van der Waals surface area contributed by atoms with Crippen molar-refractivity contribution in [1.29, 1.82) is 0 Å². The molecule has 1 N–H and O–H groups in total. The van der Waals surface area contributed by atoms with Gasteiger partial charge in [0.15, 0.2) is 0 Å². The molecule has 0 amide bonds. The molecule has 2 aliphatic rings. The largest absolute Gasteiger partial charge is 0.375 e. The van der Waals surface area contributed by atoms with Gasteiger partial charge in [0.2, 0.25) is 0 Å². The number of rotatable bonds is 5. The molecular formula is C15H18N2S. The zero-order chi connectivity index (χ0) is 11.9. The molecule has 1 aromatic heterocycles. The van der Waals surface area contributed by atoms with Gasteiger partial charge in [0.25, 0.3) is 0 Å². The molecule has 0 radical (unpaired) electrons. The minimum atomic E-state index is 0.922. The Morgan fingerprint density at radius 1 is 1.17 bits per heavy atom. The van der Waals surface area contributed by atoms with Gasteiger partial charge in [-0.25, -0.2) is 0 Å². The number of fused-ring (bicyclic) bond motifs is 1. The molecule has 0 unspecified atom stereocenters. The topological polar surface area (TPSA) is 24.9 Å². The van der Waals surface area contributed by atoms with Crippen LogP contribution >= 0.6 is 11.5 Å². The quantitative estimate of drug-likeness (QED) is 0.871. The molecule has 2 aliphatic carbocycles. The molecule has 94 valence electrons. The lowest BCUT2D eigenvalue weighted by Gasteiger charge is -2.16. The predicted octanol–water partition coefficient (Wildman–Crippen LogP) is 4.14. The average molecular weight is 258 g/mol. The summed E-state index contributed by atoms with van der Waals surface area (Å²) in [5.74, 6) is 2.96. The van der Waals surface area contributed by atoms with Gasteiger partial charge in [-0.15, -0.1) is 0 Å². The van der Waals surface area contributed by atoms with Crippen molar-refractivity contribution in [3.05, 3.63) is 24.3 Å². The second kappa shape index (κ2) is 4.23. The van der Waals surface area contributed by atoms with Crippen LogP contribution in [0.1, 0.15) is 25.7 Å². The van der Waals surface area contributed by atoms with Gasteiger partial charge in [0.05, 0.1) is 5.52 Å². The van der Waals surface area contributed by atoms with E-state index >= 15 is 0 Å². The Balaban J connectivity index is 1.50. The Hall–Kier alpha value is -1.09. The summed E-state index contributed by atoms with van der Waals surface area (Å²) in [7, 11) is 0. The Morgan fingerprint density at radius 3 is 2.61 bits per heavy atom. The van der Waals surface area contributed by atoms with Gasteiger partial charge in [-0.3, -0.25) is 0 Å². The van der Waals surface area contributed by atoms with Crippen LogP contribution in [0.15, 0.2) is 24.3 Å². The molecule has 0 spiro atoms. The van der Waals surface area contributed by atoms with Crippen LogP contribution in [0.2, 0.25) is 0 Å². The molecule has 2 fully saturated rings. The lowest BCUT2D eigenvalue weighted by atomic mass is 9.98. The molecule has 1 heterocycles. The van der Waals surface area contributed by atoms with E-state index in [-0.39, 0.29) is 0 Å². The zero-order valence-electron chi connectivity index (χ0n) is 10.4. The zero-order valence-corrected chi connectivity index (χ0v) is 11.2. The van der Waals surface area contributed by atoms with Gasteiger partial charge in [0, 0.05) is 11.9 Å². The smallest absolute Gasteiger partial charge is 0.117 e. The van der Waals surface area contributed by atoms with Crippen molar-refractivity contribution in [2.75, 3.05) is 11.9 Å². The lowest BCUT2D eigenvalue weighted by molar-refractivity contribution is 0.428. The fraction of sp³-hybridized carbons (Fsp3) is 0.533. The van der Waals surface area contributed by atoms with Crippen molar-refractivity contribution in [2.45, 2.75) is 25.7 Å². The van der Waals surface area contributed by atoms with E-state index in [9.17, 15) is 0 Å². The highest BCUT2D eigenvalue weighted by Gasteiger charge is 2.41. The SMILES string of the molecule is c1ccc2c(NCC(C3CC3)C3CC3)snc2c1. The van der Waals surface area contributed by atoms with Crippen LogP contribution in [0.25, 0.3) is 10.9 Å². The van der Waals surface area contributed by atoms with Gasteiger partial charge in [-0.05, 0) is 67.1 Å². The van der Waals surface area contributed by atoms with E-state index in [0.29, 0.717) is 0 Å². The fourth-order valence-corrected chi connectivity index (χ4v) is 3.76. The normalized spacial score (nSPS) is 19.6. The monoisotopic (exact) mass is 258 g/mol. The van der Waals surface area contributed by atoms with E-state index < -0.39 is 0 Å². The number of aromatic nitrogens is 1.